The normalized spacial score (nSPS) is 10.8. The fraction of sp³-hybridized carbons (Fsp3) is 0.333. The van der Waals surface area contributed by atoms with Crippen LogP contribution in [0.5, 0.6) is 0 Å². The highest BCUT2D eigenvalue weighted by atomic mass is 79.9. The summed E-state index contributed by atoms with van der Waals surface area (Å²) in [5.74, 6) is -0.429. The van der Waals surface area contributed by atoms with Crippen LogP contribution in [0.15, 0.2) is 24.3 Å². The molecule has 0 saturated heterocycles. The van der Waals surface area contributed by atoms with E-state index in [0.717, 1.165) is 0 Å². The number of para-hydroxylation sites is 1. The van der Waals surface area contributed by atoms with Gasteiger partial charge in [-0.2, -0.15) is 0 Å². The summed E-state index contributed by atoms with van der Waals surface area (Å²) >= 11 is 3.27. The van der Waals surface area contributed by atoms with Gasteiger partial charge in [-0.1, -0.05) is 28.1 Å². The van der Waals surface area contributed by atoms with Crippen LogP contribution in [0.3, 0.4) is 0 Å². The van der Waals surface area contributed by atoms with E-state index >= 15 is 0 Å². The number of amides is 2. The summed E-state index contributed by atoms with van der Waals surface area (Å²) in [5.41, 5.74) is 0.949. The minimum atomic E-state index is -0.678. The van der Waals surface area contributed by atoms with E-state index in [-0.39, 0.29) is 11.8 Å². The third-order valence-electron chi connectivity index (χ3n) is 2.19. The number of carbonyl (C=O) groups is 2. The summed E-state index contributed by atoms with van der Waals surface area (Å²) in [4.78, 5) is 23.4. The maximum absolute atomic E-state index is 11.8. The maximum atomic E-state index is 11.8. The first-order valence-electron chi connectivity index (χ1n) is 5.17. The van der Waals surface area contributed by atoms with Crippen LogP contribution in [-0.4, -0.2) is 23.2 Å². The summed E-state index contributed by atoms with van der Waals surface area (Å²) in [7, 11) is 1.55. The van der Waals surface area contributed by atoms with Crippen LogP contribution in [-0.2, 0) is 4.79 Å². The molecule has 4 nitrogen and oxygen atoms in total. The van der Waals surface area contributed by atoms with E-state index in [9.17, 15) is 9.59 Å². The van der Waals surface area contributed by atoms with Gasteiger partial charge < -0.3 is 10.6 Å². The number of hydrogen-bond acceptors (Lipinski definition) is 2. The van der Waals surface area contributed by atoms with Crippen LogP contribution in [0.2, 0.25) is 0 Å². The lowest BCUT2D eigenvalue weighted by Gasteiger charge is -2.17. The van der Waals surface area contributed by atoms with Crippen molar-refractivity contribution in [3.63, 3.8) is 0 Å². The third-order valence-corrected chi connectivity index (χ3v) is 2.55. The van der Waals surface area contributed by atoms with Crippen molar-refractivity contribution in [2.75, 3.05) is 12.4 Å². The molecule has 0 fully saturated rings. The first kappa shape index (κ1) is 13.7. The second-order valence-electron chi connectivity index (χ2n) is 4.05. The number of halogens is 1. The molecule has 2 amide bonds. The van der Waals surface area contributed by atoms with Gasteiger partial charge in [-0.05, 0) is 26.0 Å². The standard InChI is InChI=1S/C12H15BrN2O2/c1-12(2,13)11(17)15-9-7-5-4-6-8(9)10(16)14-3/h4-7H,1-3H3,(H,14,16)(H,15,17). The molecule has 0 spiro atoms. The van der Waals surface area contributed by atoms with Gasteiger partial charge in [0.15, 0.2) is 0 Å². The van der Waals surface area contributed by atoms with Crippen molar-refractivity contribution in [3.8, 4) is 0 Å². The number of benzene rings is 1. The van der Waals surface area contributed by atoms with E-state index in [1.165, 1.54) is 0 Å². The molecule has 1 aromatic rings. The van der Waals surface area contributed by atoms with E-state index in [1.54, 1.807) is 45.2 Å². The molecule has 0 bridgehead atoms. The van der Waals surface area contributed by atoms with Crippen LogP contribution in [0.25, 0.3) is 0 Å². The lowest BCUT2D eigenvalue weighted by molar-refractivity contribution is -0.117. The fourth-order valence-corrected chi connectivity index (χ4v) is 1.29. The number of rotatable bonds is 3. The minimum absolute atomic E-state index is 0.200. The number of anilines is 1. The Bertz CT molecular complexity index is 438. The van der Waals surface area contributed by atoms with Crippen LogP contribution in [0.4, 0.5) is 5.69 Å². The zero-order valence-electron chi connectivity index (χ0n) is 10.0. The lowest BCUT2D eigenvalue weighted by atomic mass is 10.1. The van der Waals surface area contributed by atoms with Crippen molar-refractivity contribution in [3.05, 3.63) is 29.8 Å². The smallest absolute Gasteiger partial charge is 0.253 e. The summed E-state index contributed by atoms with van der Waals surface area (Å²) in [6.07, 6.45) is 0. The van der Waals surface area contributed by atoms with E-state index < -0.39 is 4.32 Å². The second-order valence-corrected chi connectivity index (χ2v) is 6.03. The summed E-state index contributed by atoms with van der Waals surface area (Å²) in [6, 6.07) is 6.87. The molecule has 17 heavy (non-hydrogen) atoms. The van der Waals surface area contributed by atoms with Gasteiger partial charge in [0.25, 0.3) is 5.91 Å². The first-order chi connectivity index (χ1) is 7.86. The van der Waals surface area contributed by atoms with Gasteiger partial charge in [-0.15, -0.1) is 0 Å². The Morgan fingerprint density at radius 3 is 2.35 bits per heavy atom. The van der Waals surface area contributed by atoms with E-state index in [4.69, 9.17) is 0 Å². The van der Waals surface area contributed by atoms with E-state index in [2.05, 4.69) is 26.6 Å². The zero-order valence-corrected chi connectivity index (χ0v) is 11.6. The monoisotopic (exact) mass is 298 g/mol. The van der Waals surface area contributed by atoms with Crippen molar-refractivity contribution in [1.82, 2.24) is 5.32 Å². The highest BCUT2D eigenvalue weighted by Crippen LogP contribution is 2.21. The summed E-state index contributed by atoms with van der Waals surface area (Å²) in [5, 5.41) is 5.25. The molecule has 2 N–H and O–H groups in total. The molecular formula is C12H15BrN2O2. The SMILES string of the molecule is CNC(=O)c1ccccc1NC(=O)C(C)(C)Br. The second kappa shape index (κ2) is 5.31. The number of nitrogens with one attached hydrogen (secondary N) is 2. The van der Waals surface area contributed by atoms with Crippen LogP contribution < -0.4 is 10.6 Å². The third kappa shape index (κ3) is 3.56. The van der Waals surface area contributed by atoms with E-state index in [1.807, 2.05) is 0 Å². The predicted octanol–water partition coefficient (Wildman–Crippen LogP) is 2.16. The fourth-order valence-electron chi connectivity index (χ4n) is 1.20. The highest BCUT2D eigenvalue weighted by molar-refractivity contribution is 9.10. The molecule has 0 unspecified atom stereocenters. The quantitative estimate of drug-likeness (QED) is 0.840. The first-order valence-corrected chi connectivity index (χ1v) is 5.97. The van der Waals surface area contributed by atoms with Gasteiger partial charge in [-0.25, -0.2) is 0 Å². The number of alkyl halides is 1. The van der Waals surface area contributed by atoms with Crippen molar-refractivity contribution < 1.29 is 9.59 Å². The Morgan fingerprint density at radius 2 is 1.82 bits per heavy atom. The van der Waals surface area contributed by atoms with Gasteiger partial charge in [-0.3, -0.25) is 9.59 Å². The Kier molecular flexibility index (Phi) is 4.28. The van der Waals surface area contributed by atoms with Gasteiger partial charge in [0.05, 0.1) is 15.6 Å². The predicted molar refractivity (Wildman–Crippen MR) is 71.5 cm³/mol. The number of hydrogen-bond donors (Lipinski definition) is 2. The Morgan fingerprint density at radius 1 is 1.24 bits per heavy atom. The average molecular weight is 299 g/mol. The molecule has 1 aromatic carbocycles. The van der Waals surface area contributed by atoms with Crippen molar-refractivity contribution in [2.45, 2.75) is 18.2 Å². The molecule has 0 aliphatic carbocycles. The summed E-state index contributed by atoms with van der Waals surface area (Å²) < 4.78 is -0.678. The van der Waals surface area contributed by atoms with Gasteiger partial charge in [0.1, 0.15) is 0 Å². The Hall–Kier alpha value is -1.36. The molecule has 0 radical (unpaired) electrons. The topological polar surface area (TPSA) is 58.2 Å². The Labute approximate surface area is 109 Å². The zero-order chi connectivity index (χ0) is 13.1. The van der Waals surface area contributed by atoms with Gasteiger partial charge in [0, 0.05) is 7.05 Å². The molecule has 0 aliphatic heterocycles. The van der Waals surface area contributed by atoms with Gasteiger partial charge >= 0.3 is 0 Å². The Balaban J connectivity index is 2.99. The molecule has 0 aromatic heterocycles. The molecule has 0 atom stereocenters. The molecule has 5 heteroatoms. The van der Waals surface area contributed by atoms with Crippen molar-refractivity contribution in [1.29, 1.82) is 0 Å². The molecule has 0 heterocycles. The van der Waals surface area contributed by atoms with Crippen LogP contribution in [0, 0.1) is 0 Å². The average Bonchev–Trinajstić information content (AvgIpc) is 2.27. The molecule has 92 valence electrons. The van der Waals surface area contributed by atoms with Crippen LogP contribution in [0.1, 0.15) is 24.2 Å². The van der Waals surface area contributed by atoms with Crippen molar-refractivity contribution >= 4 is 33.4 Å². The molecule has 0 aliphatic rings. The van der Waals surface area contributed by atoms with Crippen LogP contribution >= 0.6 is 15.9 Å². The highest BCUT2D eigenvalue weighted by Gasteiger charge is 2.24. The lowest BCUT2D eigenvalue weighted by Crippen LogP contribution is -2.32. The number of carbonyl (C=O) groups excluding carboxylic acids is 2. The molecular weight excluding hydrogens is 284 g/mol. The maximum Gasteiger partial charge on any atom is 0.253 e. The summed E-state index contributed by atoms with van der Waals surface area (Å²) in [6.45, 7) is 3.48. The van der Waals surface area contributed by atoms with E-state index in [0.29, 0.717) is 11.3 Å². The minimum Gasteiger partial charge on any atom is -0.355 e. The van der Waals surface area contributed by atoms with Gasteiger partial charge in [0.2, 0.25) is 5.91 Å². The molecule has 0 saturated carbocycles. The largest absolute Gasteiger partial charge is 0.355 e. The molecule has 1 rings (SSSR count). The van der Waals surface area contributed by atoms with Crippen molar-refractivity contribution in [2.24, 2.45) is 0 Å².